The van der Waals surface area contributed by atoms with E-state index in [1.54, 1.807) is 47.9 Å². The molecule has 1 heterocycles. The van der Waals surface area contributed by atoms with E-state index in [2.05, 4.69) is 18.8 Å². The molecule has 198 valence electrons. The number of nitrogens with one attached hydrogen (secondary N) is 1. The molecule has 3 rings (SSSR count). The van der Waals surface area contributed by atoms with Crippen LogP contribution in [0.25, 0.3) is 0 Å². The summed E-state index contributed by atoms with van der Waals surface area (Å²) in [6.45, 7) is 7.56. The molecule has 1 saturated heterocycles. The molecule has 2 aromatic rings. The van der Waals surface area contributed by atoms with Crippen LogP contribution in [-0.2, 0) is 20.1 Å². The number of thioether (sulfide) groups is 1. The van der Waals surface area contributed by atoms with Gasteiger partial charge in [0.2, 0.25) is 11.8 Å². The molecule has 0 bridgehead atoms. The molecule has 2 aromatic carbocycles. The van der Waals surface area contributed by atoms with E-state index in [0.29, 0.717) is 17.7 Å². The van der Waals surface area contributed by atoms with Crippen LogP contribution in [0.3, 0.4) is 0 Å². The first-order valence-electron chi connectivity index (χ1n) is 12.7. The molecule has 1 N–H and O–H groups in total. The van der Waals surface area contributed by atoms with E-state index >= 15 is 0 Å². The number of benzene rings is 2. The van der Waals surface area contributed by atoms with Crippen molar-refractivity contribution < 1.29 is 23.5 Å². The highest BCUT2D eigenvalue weighted by Crippen LogP contribution is 2.34. The van der Waals surface area contributed by atoms with Crippen LogP contribution in [0.15, 0.2) is 61.2 Å². The van der Waals surface area contributed by atoms with Crippen molar-refractivity contribution >= 4 is 29.5 Å². The average molecular weight is 527 g/mol. The number of unbranched alkanes of at least 4 members (excludes halogenated alkanes) is 2. The van der Waals surface area contributed by atoms with E-state index in [0.717, 1.165) is 36.8 Å². The number of β-lactam (4-membered cyclic amide) rings is 1. The molecule has 3 atom stereocenters. The number of carbonyl (C=O) groups is 3. The standard InChI is InChI=1S/C29H35FN2O4S/c1-4-6-7-8-25(22-13-15-24(30)16-14-22)31-28(34)20(3)32-26(33)18-27(32)37-19-21-9-11-23(12-10-21)29(35)36-17-5-2/h5,9-16,20,25,27H,2,4,6-8,17-19H2,1,3H3,(H,31,34). The number of esters is 1. The number of likely N-dealkylation sites (tertiary alicyclic amines) is 1. The van der Waals surface area contributed by atoms with Gasteiger partial charge in [-0.15, -0.1) is 11.8 Å². The maximum absolute atomic E-state index is 13.4. The Morgan fingerprint density at radius 3 is 2.51 bits per heavy atom. The summed E-state index contributed by atoms with van der Waals surface area (Å²) in [5.74, 6) is -0.343. The first-order valence-corrected chi connectivity index (χ1v) is 13.7. The Morgan fingerprint density at radius 1 is 1.19 bits per heavy atom. The summed E-state index contributed by atoms with van der Waals surface area (Å²) in [7, 11) is 0. The highest BCUT2D eigenvalue weighted by atomic mass is 32.2. The van der Waals surface area contributed by atoms with E-state index in [1.807, 2.05) is 12.1 Å². The lowest BCUT2D eigenvalue weighted by atomic mass is 9.99. The summed E-state index contributed by atoms with van der Waals surface area (Å²) in [5.41, 5.74) is 2.33. The van der Waals surface area contributed by atoms with Crippen molar-refractivity contribution in [1.29, 1.82) is 0 Å². The Kier molecular flexibility index (Phi) is 10.7. The van der Waals surface area contributed by atoms with Gasteiger partial charge in [-0.1, -0.05) is 63.1 Å². The largest absolute Gasteiger partial charge is 0.458 e. The molecule has 1 aliphatic heterocycles. The van der Waals surface area contributed by atoms with Crippen LogP contribution in [0.2, 0.25) is 0 Å². The minimum atomic E-state index is -0.616. The lowest BCUT2D eigenvalue weighted by molar-refractivity contribution is -0.150. The maximum Gasteiger partial charge on any atom is 0.338 e. The van der Waals surface area contributed by atoms with Crippen molar-refractivity contribution in [3.8, 4) is 0 Å². The first kappa shape index (κ1) is 28.4. The lowest BCUT2D eigenvalue weighted by Crippen LogP contribution is -2.59. The number of amides is 2. The fourth-order valence-electron chi connectivity index (χ4n) is 4.19. The highest BCUT2D eigenvalue weighted by molar-refractivity contribution is 7.99. The van der Waals surface area contributed by atoms with Gasteiger partial charge in [0.15, 0.2) is 0 Å². The fraction of sp³-hybridized carbons (Fsp3) is 0.414. The zero-order chi connectivity index (χ0) is 26.8. The van der Waals surface area contributed by atoms with Gasteiger partial charge in [-0.05, 0) is 48.7 Å². The minimum absolute atomic E-state index is 0.0511. The van der Waals surface area contributed by atoms with E-state index in [-0.39, 0.29) is 35.7 Å². The van der Waals surface area contributed by atoms with Crippen LogP contribution < -0.4 is 5.32 Å². The van der Waals surface area contributed by atoms with Crippen LogP contribution in [0.1, 0.15) is 73.5 Å². The van der Waals surface area contributed by atoms with Crippen molar-refractivity contribution in [2.75, 3.05) is 6.61 Å². The van der Waals surface area contributed by atoms with Crippen molar-refractivity contribution in [2.24, 2.45) is 0 Å². The normalized spacial score (nSPS) is 16.5. The number of halogens is 1. The van der Waals surface area contributed by atoms with Crippen LogP contribution in [0.4, 0.5) is 4.39 Å². The fourth-order valence-corrected chi connectivity index (χ4v) is 5.49. The third-order valence-corrected chi connectivity index (χ3v) is 7.67. The van der Waals surface area contributed by atoms with Gasteiger partial charge in [0.05, 0.1) is 23.4 Å². The molecule has 2 amide bonds. The summed E-state index contributed by atoms with van der Waals surface area (Å²) in [6.07, 6.45) is 5.70. The van der Waals surface area contributed by atoms with Crippen molar-refractivity contribution in [3.05, 3.63) is 83.7 Å². The van der Waals surface area contributed by atoms with Crippen LogP contribution in [0.5, 0.6) is 0 Å². The van der Waals surface area contributed by atoms with Gasteiger partial charge in [-0.3, -0.25) is 9.59 Å². The molecular formula is C29H35FN2O4S. The van der Waals surface area contributed by atoms with Crippen molar-refractivity contribution in [3.63, 3.8) is 0 Å². The third-order valence-electron chi connectivity index (χ3n) is 6.39. The van der Waals surface area contributed by atoms with E-state index < -0.39 is 12.0 Å². The Bertz CT molecular complexity index is 1070. The monoisotopic (exact) mass is 526 g/mol. The molecule has 0 radical (unpaired) electrons. The maximum atomic E-state index is 13.4. The Labute approximate surface area is 222 Å². The molecule has 1 aliphatic rings. The Morgan fingerprint density at radius 2 is 1.89 bits per heavy atom. The smallest absolute Gasteiger partial charge is 0.338 e. The number of nitrogens with zero attached hydrogens (tertiary/aromatic N) is 1. The number of carbonyl (C=O) groups excluding carboxylic acids is 3. The molecule has 3 unspecified atom stereocenters. The molecule has 1 fully saturated rings. The van der Waals surface area contributed by atoms with E-state index in [4.69, 9.17) is 4.74 Å². The number of hydrogen-bond donors (Lipinski definition) is 1. The second-order valence-corrected chi connectivity index (χ2v) is 10.3. The SMILES string of the molecule is C=CCOC(=O)c1ccc(CSC2CC(=O)N2C(C)C(=O)NC(CCCCC)c2ccc(F)cc2)cc1. The summed E-state index contributed by atoms with van der Waals surface area (Å²) in [6, 6.07) is 12.5. The lowest BCUT2D eigenvalue weighted by Gasteiger charge is -2.43. The molecule has 0 saturated carbocycles. The van der Waals surface area contributed by atoms with Crippen molar-refractivity contribution in [1.82, 2.24) is 10.2 Å². The van der Waals surface area contributed by atoms with E-state index in [1.165, 1.54) is 18.2 Å². The van der Waals surface area contributed by atoms with Gasteiger partial charge >= 0.3 is 5.97 Å². The molecule has 0 spiro atoms. The van der Waals surface area contributed by atoms with Gasteiger partial charge in [0.1, 0.15) is 18.5 Å². The topological polar surface area (TPSA) is 75.7 Å². The molecule has 0 aromatic heterocycles. The molecule has 0 aliphatic carbocycles. The second kappa shape index (κ2) is 14.0. The zero-order valence-electron chi connectivity index (χ0n) is 21.5. The summed E-state index contributed by atoms with van der Waals surface area (Å²) in [4.78, 5) is 39.2. The summed E-state index contributed by atoms with van der Waals surface area (Å²) >= 11 is 1.59. The number of ether oxygens (including phenoxy) is 1. The van der Waals surface area contributed by atoms with Gasteiger partial charge in [0, 0.05) is 5.75 Å². The molecule has 8 heteroatoms. The molecule has 37 heavy (non-hydrogen) atoms. The van der Waals surface area contributed by atoms with Crippen molar-refractivity contribution in [2.45, 2.75) is 69.2 Å². The number of rotatable bonds is 14. The highest BCUT2D eigenvalue weighted by Gasteiger charge is 2.42. The Balaban J connectivity index is 1.57. The van der Waals surface area contributed by atoms with Crippen LogP contribution in [-0.4, -0.2) is 40.7 Å². The van der Waals surface area contributed by atoms with Crippen LogP contribution in [0, 0.1) is 5.82 Å². The van der Waals surface area contributed by atoms with Gasteiger partial charge in [-0.2, -0.15) is 0 Å². The van der Waals surface area contributed by atoms with Gasteiger partial charge in [0.25, 0.3) is 0 Å². The first-order chi connectivity index (χ1) is 17.8. The quantitative estimate of drug-likeness (QED) is 0.146. The zero-order valence-corrected chi connectivity index (χ0v) is 22.3. The second-order valence-electron chi connectivity index (χ2n) is 9.14. The van der Waals surface area contributed by atoms with E-state index in [9.17, 15) is 18.8 Å². The Hall–Kier alpha value is -3.13. The molecule has 6 nitrogen and oxygen atoms in total. The minimum Gasteiger partial charge on any atom is -0.458 e. The summed E-state index contributed by atoms with van der Waals surface area (Å²) in [5, 5.41) is 2.99. The molecular weight excluding hydrogens is 491 g/mol. The van der Waals surface area contributed by atoms with Gasteiger partial charge < -0.3 is 15.0 Å². The predicted octanol–water partition coefficient (Wildman–Crippen LogP) is 5.79. The summed E-state index contributed by atoms with van der Waals surface area (Å²) < 4.78 is 18.5. The average Bonchev–Trinajstić information content (AvgIpc) is 2.89. The predicted molar refractivity (Wildman–Crippen MR) is 144 cm³/mol. The van der Waals surface area contributed by atoms with Crippen LogP contribution >= 0.6 is 11.8 Å². The number of hydrogen-bond acceptors (Lipinski definition) is 5. The van der Waals surface area contributed by atoms with Gasteiger partial charge in [-0.25, -0.2) is 9.18 Å². The third kappa shape index (κ3) is 7.92.